The highest BCUT2D eigenvalue weighted by Crippen LogP contribution is 2.27. The van der Waals surface area contributed by atoms with Gasteiger partial charge in [-0.05, 0) is 36.6 Å². The van der Waals surface area contributed by atoms with E-state index in [1.54, 1.807) is 28.8 Å². The number of nitrogens with zero attached hydrogens (tertiary/aromatic N) is 5. The van der Waals surface area contributed by atoms with Crippen LogP contribution >= 0.6 is 0 Å². The molecule has 0 aliphatic carbocycles. The Morgan fingerprint density at radius 3 is 2.55 bits per heavy atom. The molecule has 31 heavy (non-hydrogen) atoms. The summed E-state index contributed by atoms with van der Waals surface area (Å²) in [4.78, 5) is 24.7. The molecule has 0 bridgehead atoms. The van der Waals surface area contributed by atoms with Gasteiger partial charge in [0, 0.05) is 25.7 Å². The van der Waals surface area contributed by atoms with Crippen molar-refractivity contribution in [1.82, 2.24) is 29.4 Å². The summed E-state index contributed by atoms with van der Waals surface area (Å²) >= 11 is 0. The van der Waals surface area contributed by atoms with Gasteiger partial charge < -0.3 is 5.32 Å². The largest absolute Gasteiger partial charge is 0.435 e. The second kappa shape index (κ2) is 8.40. The van der Waals surface area contributed by atoms with E-state index in [0.29, 0.717) is 12.2 Å². The molecule has 4 rings (SSSR count). The van der Waals surface area contributed by atoms with Gasteiger partial charge in [-0.25, -0.2) is 14.2 Å². The summed E-state index contributed by atoms with van der Waals surface area (Å²) in [7, 11) is 0. The molecule has 0 unspecified atom stereocenters. The molecule has 8 nitrogen and oxygen atoms in total. The molecule has 3 aromatic rings. The summed E-state index contributed by atoms with van der Waals surface area (Å²) in [5.41, 5.74) is -0.00516. The number of benzene rings is 1. The van der Waals surface area contributed by atoms with Crippen LogP contribution in [0.5, 0.6) is 0 Å². The molecule has 0 radical (unpaired) electrons. The molecule has 0 saturated heterocycles. The number of fused-ring (bicyclic) bond motifs is 1. The van der Waals surface area contributed by atoms with Gasteiger partial charge in [0.15, 0.2) is 5.69 Å². The molecule has 1 aliphatic rings. The Hall–Kier alpha value is -3.37. The van der Waals surface area contributed by atoms with Crippen LogP contribution in [0.3, 0.4) is 0 Å². The van der Waals surface area contributed by atoms with E-state index in [0.717, 1.165) is 47.8 Å². The summed E-state index contributed by atoms with van der Waals surface area (Å²) < 4.78 is 42.0. The molecule has 1 amide bonds. The van der Waals surface area contributed by atoms with Gasteiger partial charge in [0.2, 0.25) is 5.91 Å². The minimum Gasteiger partial charge on any atom is -0.350 e. The van der Waals surface area contributed by atoms with E-state index >= 15 is 0 Å². The number of aryl methyl sites for hydroxylation is 1. The molecule has 11 heteroatoms. The molecule has 1 aliphatic heterocycles. The van der Waals surface area contributed by atoms with Crippen LogP contribution < -0.4 is 11.0 Å². The van der Waals surface area contributed by atoms with Crippen LogP contribution in [-0.2, 0) is 37.0 Å². The van der Waals surface area contributed by atoms with E-state index in [9.17, 15) is 22.8 Å². The molecule has 0 atom stereocenters. The maximum Gasteiger partial charge on any atom is 0.435 e. The average molecular weight is 434 g/mol. The fourth-order valence-electron chi connectivity index (χ4n) is 3.51. The van der Waals surface area contributed by atoms with Gasteiger partial charge in [0.25, 0.3) is 0 Å². The van der Waals surface area contributed by atoms with Crippen molar-refractivity contribution in [3.63, 3.8) is 0 Å². The lowest BCUT2D eigenvalue weighted by Crippen LogP contribution is -2.33. The predicted octanol–water partition coefficient (Wildman–Crippen LogP) is 2.29. The second-order valence-corrected chi connectivity index (χ2v) is 7.41. The van der Waals surface area contributed by atoms with E-state index in [1.807, 2.05) is 0 Å². The van der Waals surface area contributed by atoms with Crippen LogP contribution in [0.1, 0.15) is 36.3 Å². The van der Waals surface area contributed by atoms with Crippen LogP contribution in [0.2, 0.25) is 0 Å². The quantitative estimate of drug-likeness (QED) is 0.668. The number of hydrogen-bond acceptors (Lipinski definition) is 4. The lowest BCUT2D eigenvalue weighted by Gasteiger charge is -2.07. The maximum absolute atomic E-state index is 12.7. The first-order chi connectivity index (χ1) is 14.8. The Labute approximate surface area is 175 Å². The third-order valence-corrected chi connectivity index (χ3v) is 5.14. The standard InChI is InChI=1S/C20H21F3N6O2/c21-20(22,23)16-9-11-28(25-16)15-7-5-14(6-8-15)12-24-18(30)13-29-19(31)27-10-3-1-2-4-17(27)26-29/h5-9,11H,1-4,10,12-13H2,(H,24,30). The first-order valence-electron chi connectivity index (χ1n) is 9.97. The normalized spacial score (nSPS) is 14.2. The summed E-state index contributed by atoms with van der Waals surface area (Å²) in [6, 6.07) is 7.52. The Morgan fingerprint density at radius 1 is 1.06 bits per heavy atom. The summed E-state index contributed by atoms with van der Waals surface area (Å²) in [5, 5.41) is 10.5. The highest BCUT2D eigenvalue weighted by molar-refractivity contribution is 5.75. The lowest BCUT2D eigenvalue weighted by atomic mass is 10.2. The molecule has 1 aromatic carbocycles. The molecule has 2 aromatic heterocycles. The van der Waals surface area contributed by atoms with Gasteiger partial charge in [-0.2, -0.15) is 23.4 Å². The molecule has 3 heterocycles. The molecule has 0 saturated carbocycles. The van der Waals surface area contributed by atoms with Crippen LogP contribution in [0.25, 0.3) is 5.69 Å². The number of amides is 1. The summed E-state index contributed by atoms with van der Waals surface area (Å²) in [5.74, 6) is 0.375. The monoisotopic (exact) mass is 434 g/mol. The van der Waals surface area contributed by atoms with Crippen molar-refractivity contribution in [3.05, 3.63) is 64.1 Å². The number of rotatable bonds is 5. The molecular formula is C20H21F3N6O2. The third-order valence-electron chi connectivity index (χ3n) is 5.14. The zero-order valence-electron chi connectivity index (χ0n) is 16.6. The van der Waals surface area contributed by atoms with E-state index in [2.05, 4.69) is 15.5 Å². The smallest absolute Gasteiger partial charge is 0.350 e. The molecule has 0 spiro atoms. The van der Waals surface area contributed by atoms with Crippen molar-refractivity contribution < 1.29 is 18.0 Å². The topological polar surface area (TPSA) is 86.7 Å². The van der Waals surface area contributed by atoms with E-state index in [1.165, 1.54) is 10.9 Å². The van der Waals surface area contributed by atoms with Crippen LogP contribution in [0.4, 0.5) is 13.2 Å². The molecule has 1 N–H and O–H groups in total. The van der Waals surface area contributed by atoms with Crippen molar-refractivity contribution in [2.45, 2.75) is 51.5 Å². The number of halogens is 3. The fourth-order valence-corrected chi connectivity index (χ4v) is 3.51. The average Bonchev–Trinajstić information content (AvgIpc) is 3.26. The number of nitrogens with one attached hydrogen (secondary N) is 1. The van der Waals surface area contributed by atoms with Crippen molar-refractivity contribution >= 4 is 5.91 Å². The molecule has 0 fully saturated rings. The second-order valence-electron chi connectivity index (χ2n) is 7.41. The summed E-state index contributed by atoms with van der Waals surface area (Å²) in [6.45, 7) is 0.682. The SMILES string of the molecule is O=C(Cn1nc2n(c1=O)CCCCC2)NCc1ccc(-n2ccc(C(F)(F)F)n2)cc1. The number of hydrogen-bond donors (Lipinski definition) is 1. The van der Waals surface area contributed by atoms with Gasteiger partial charge in [0.05, 0.1) is 5.69 Å². The van der Waals surface area contributed by atoms with E-state index in [4.69, 9.17) is 0 Å². The Morgan fingerprint density at radius 2 is 1.84 bits per heavy atom. The van der Waals surface area contributed by atoms with Gasteiger partial charge in [-0.1, -0.05) is 18.6 Å². The van der Waals surface area contributed by atoms with Crippen molar-refractivity contribution in [2.24, 2.45) is 0 Å². The Bertz CT molecular complexity index is 1130. The fraction of sp³-hybridized carbons (Fsp3) is 0.400. The van der Waals surface area contributed by atoms with Crippen molar-refractivity contribution in [2.75, 3.05) is 0 Å². The van der Waals surface area contributed by atoms with Crippen LogP contribution in [-0.4, -0.2) is 30.0 Å². The Balaban J connectivity index is 1.35. The summed E-state index contributed by atoms with van der Waals surface area (Å²) in [6.07, 6.45) is 0.448. The van der Waals surface area contributed by atoms with Crippen LogP contribution in [0, 0.1) is 0 Å². The van der Waals surface area contributed by atoms with Gasteiger partial charge in [0.1, 0.15) is 12.4 Å². The van der Waals surface area contributed by atoms with Gasteiger partial charge >= 0.3 is 11.9 Å². The minimum atomic E-state index is -4.50. The van der Waals surface area contributed by atoms with Crippen LogP contribution in [0.15, 0.2) is 41.3 Å². The zero-order chi connectivity index (χ0) is 22.0. The van der Waals surface area contributed by atoms with Gasteiger partial charge in [-0.15, -0.1) is 0 Å². The number of carbonyl (C=O) groups is 1. The van der Waals surface area contributed by atoms with Crippen molar-refractivity contribution in [1.29, 1.82) is 0 Å². The van der Waals surface area contributed by atoms with Crippen molar-refractivity contribution in [3.8, 4) is 5.69 Å². The number of aromatic nitrogens is 5. The number of alkyl halides is 3. The number of carbonyl (C=O) groups excluding carboxylic acids is 1. The lowest BCUT2D eigenvalue weighted by molar-refractivity contribution is -0.141. The minimum absolute atomic E-state index is 0.162. The van der Waals surface area contributed by atoms with E-state index < -0.39 is 11.9 Å². The maximum atomic E-state index is 12.7. The zero-order valence-corrected chi connectivity index (χ0v) is 16.6. The first-order valence-corrected chi connectivity index (χ1v) is 9.97. The highest BCUT2D eigenvalue weighted by Gasteiger charge is 2.33. The molecule has 164 valence electrons. The van der Waals surface area contributed by atoms with E-state index in [-0.39, 0.29) is 24.7 Å². The highest BCUT2D eigenvalue weighted by atomic mass is 19.4. The third kappa shape index (κ3) is 4.70. The van der Waals surface area contributed by atoms with Gasteiger partial charge in [-0.3, -0.25) is 9.36 Å². The predicted molar refractivity (Wildman–Crippen MR) is 104 cm³/mol. The first kappa shape index (κ1) is 20.9. The molecular weight excluding hydrogens is 413 g/mol. The Kier molecular flexibility index (Phi) is 5.66.